The first-order valence-electron chi connectivity index (χ1n) is 8.82. The zero-order valence-corrected chi connectivity index (χ0v) is 14.7. The minimum absolute atomic E-state index is 0.239. The van der Waals surface area contributed by atoms with E-state index in [1.165, 1.54) is 11.1 Å². The lowest BCUT2D eigenvalue weighted by atomic mass is 10.1. The van der Waals surface area contributed by atoms with Crippen LogP contribution in [0.25, 0.3) is 0 Å². The summed E-state index contributed by atoms with van der Waals surface area (Å²) in [6.07, 6.45) is 0.819. The molecular formula is C20H28N2O2. The van der Waals surface area contributed by atoms with Gasteiger partial charge in [-0.05, 0) is 38.0 Å². The van der Waals surface area contributed by atoms with Crippen molar-refractivity contribution in [2.45, 2.75) is 39.4 Å². The molecule has 1 aliphatic heterocycles. The third-order valence-corrected chi connectivity index (χ3v) is 4.83. The van der Waals surface area contributed by atoms with E-state index in [0.29, 0.717) is 6.04 Å². The van der Waals surface area contributed by atoms with Crippen LogP contribution in [0, 0.1) is 13.8 Å². The third kappa shape index (κ3) is 4.47. The maximum atomic E-state index is 9.45. The largest absolute Gasteiger partial charge is 0.465 e. The summed E-state index contributed by atoms with van der Waals surface area (Å²) in [5.41, 5.74) is 2.64. The Morgan fingerprint density at radius 1 is 1.04 bits per heavy atom. The van der Waals surface area contributed by atoms with Gasteiger partial charge in [0.1, 0.15) is 11.5 Å². The molecule has 0 radical (unpaired) electrons. The van der Waals surface area contributed by atoms with Gasteiger partial charge in [-0.15, -0.1) is 0 Å². The average molecular weight is 328 g/mol. The van der Waals surface area contributed by atoms with Crippen LogP contribution in [0.3, 0.4) is 0 Å². The first-order valence-corrected chi connectivity index (χ1v) is 8.82. The highest BCUT2D eigenvalue weighted by molar-refractivity contribution is 5.21. The second-order valence-corrected chi connectivity index (χ2v) is 6.87. The monoisotopic (exact) mass is 328 g/mol. The fraction of sp³-hybridized carbons (Fsp3) is 0.500. The summed E-state index contributed by atoms with van der Waals surface area (Å²) < 4.78 is 5.71. The molecule has 4 nitrogen and oxygen atoms in total. The molecule has 24 heavy (non-hydrogen) atoms. The predicted octanol–water partition coefficient (Wildman–Crippen LogP) is 2.97. The molecule has 1 saturated heterocycles. The quantitative estimate of drug-likeness (QED) is 0.885. The van der Waals surface area contributed by atoms with E-state index < -0.39 is 0 Å². The molecule has 0 amide bonds. The Morgan fingerprint density at radius 2 is 1.83 bits per heavy atom. The zero-order chi connectivity index (χ0) is 16.9. The number of aliphatic hydroxyl groups excluding tert-OH is 1. The van der Waals surface area contributed by atoms with Crippen LogP contribution < -0.4 is 0 Å². The molecule has 1 atom stereocenters. The third-order valence-electron chi connectivity index (χ3n) is 4.83. The molecule has 4 heteroatoms. The molecule has 0 unspecified atom stereocenters. The molecule has 1 aromatic carbocycles. The first-order chi connectivity index (χ1) is 11.6. The van der Waals surface area contributed by atoms with E-state index in [4.69, 9.17) is 4.42 Å². The van der Waals surface area contributed by atoms with Gasteiger partial charge in [-0.1, -0.05) is 29.8 Å². The van der Waals surface area contributed by atoms with E-state index in [1.807, 2.05) is 13.0 Å². The number of nitrogens with zero attached hydrogens (tertiary/aromatic N) is 2. The van der Waals surface area contributed by atoms with Gasteiger partial charge in [-0.25, -0.2) is 0 Å². The van der Waals surface area contributed by atoms with Gasteiger partial charge in [0.05, 0.1) is 6.54 Å². The standard InChI is InChI=1S/C20H28N2O2/c1-16-3-6-18(7-4-16)13-22-11-10-21(14-19(22)9-12-23)15-20-8-5-17(2)24-20/h3-8,19,23H,9-15H2,1-2H3/t19-/m1/s1. The second kappa shape index (κ2) is 7.97. The van der Waals surface area contributed by atoms with E-state index >= 15 is 0 Å². The predicted molar refractivity (Wildman–Crippen MR) is 95.8 cm³/mol. The van der Waals surface area contributed by atoms with Crippen LogP contribution in [0.2, 0.25) is 0 Å². The van der Waals surface area contributed by atoms with Crippen LogP contribution in [0.15, 0.2) is 40.8 Å². The first kappa shape index (κ1) is 17.2. The summed E-state index contributed by atoms with van der Waals surface area (Å²) >= 11 is 0. The maximum absolute atomic E-state index is 9.45. The minimum atomic E-state index is 0.239. The van der Waals surface area contributed by atoms with Crippen LogP contribution in [-0.2, 0) is 13.1 Å². The van der Waals surface area contributed by atoms with Crippen molar-refractivity contribution in [3.05, 3.63) is 59.0 Å². The molecule has 130 valence electrons. The second-order valence-electron chi connectivity index (χ2n) is 6.87. The highest BCUT2D eigenvalue weighted by Crippen LogP contribution is 2.19. The summed E-state index contributed by atoms with van der Waals surface area (Å²) in [5, 5.41) is 9.45. The lowest BCUT2D eigenvalue weighted by molar-refractivity contribution is 0.0467. The number of piperazine rings is 1. The summed E-state index contributed by atoms with van der Waals surface area (Å²) in [6.45, 7) is 9.19. The summed E-state index contributed by atoms with van der Waals surface area (Å²) in [5.74, 6) is 2.00. The molecule has 1 N–H and O–H groups in total. The topological polar surface area (TPSA) is 39.9 Å². The van der Waals surface area contributed by atoms with Gasteiger partial charge < -0.3 is 9.52 Å². The van der Waals surface area contributed by atoms with Crippen LogP contribution in [-0.4, -0.2) is 47.2 Å². The molecule has 0 bridgehead atoms. The Bertz CT molecular complexity index is 635. The van der Waals surface area contributed by atoms with Crippen molar-refractivity contribution in [2.75, 3.05) is 26.2 Å². The average Bonchev–Trinajstić information content (AvgIpc) is 2.97. The van der Waals surface area contributed by atoms with Gasteiger partial charge in [0.25, 0.3) is 0 Å². The molecule has 1 aromatic heterocycles. The van der Waals surface area contributed by atoms with E-state index in [-0.39, 0.29) is 6.61 Å². The molecule has 3 rings (SSSR count). The minimum Gasteiger partial charge on any atom is -0.465 e. The number of hydrogen-bond donors (Lipinski definition) is 1. The van der Waals surface area contributed by atoms with E-state index in [1.54, 1.807) is 0 Å². The molecular weight excluding hydrogens is 300 g/mol. The van der Waals surface area contributed by atoms with Crippen LogP contribution in [0.4, 0.5) is 0 Å². The van der Waals surface area contributed by atoms with Crippen molar-refractivity contribution < 1.29 is 9.52 Å². The summed E-state index contributed by atoms with van der Waals surface area (Å²) in [7, 11) is 0. The van der Waals surface area contributed by atoms with Crippen LogP contribution in [0.5, 0.6) is 0 Å². The lowest BCUT2D eigenvalue weighted by Gasteiger charge is -2.41. The maximum Gasteiger partial charge on any atom is 0.118 e. The van der Waals surface area contributed by atoms with E-state index in [9.17, 15) is 5.11 Å². The molecule has 0 aliphatic carbocycles. The summed E-state index contributed by atoms with van der Waals surface area (Å²) in [4.78, 5) is 4.94. The van der Waals surface area contributed by atoms with Crippen molar-refractivity contribution >= 4 is 0 Å². The van der Waals surface area contributed by atoms with E-state index in [2.05, 4.69) is 47.1 Å². The fourth-order valence-corrected chi connectivity index (χ4v) is 3.45. The zero-order valence-electron chi connectivity index (χ0n) is 14.7. The number of rotatable bonds is 6. The highest BCUT2D eigenvalue weighted by Gasteiger charge is 2.27. The number of hydrogen-bond acceptors (Lipinski definition) is 4. The van der Waals surface area contributed by atoms with Gasteiger partial charge >= 0.3 is 0 Å². The number of aryl methyl sites for hydroxylation is 2. The molecule has 0 saturated carbocycles. The Hall–Kier alpha value is -1.62. The highest BCUT2D eigenvalue weighted by atomic mass is 16.3. The van der Waals surface area contributed by atoms with Crippen LogP contribution in [0.1, 0.15) is 29.1 Å². The number of furan rings is 1. The van der Waals surface area contributed by atoms with Crippen molar-refractivity contribution in [3.63, 3.8) is 0 Å². The fourth-order valence-electron chi connectivity index (χ4n) is 3.45. The number of benzene rings is 1. The summed E-state index contributed by atoms with van der Waals surface area (Å²) in [6, 6.07) is 13.2. The van der Waals surface area contributed by atoms with Gasteiger partial charge in [-0.3, -0.25) is 9.80 Å². The lowest BCUT2D eigenvalue weighted by Crippen LogP contribution is -2.52. The Balaban J connectivity index is 1.61. The Morgan fingerprint density at radius 3 is 2.50 bits per heavy atom. The van der Waals surface area contributed by atoms with Gasteiger partial charge in [0.2, 0.25) is 0 Å². The molecule has 2 heterocycles. The molecule has 0 spiro atoms. The molecule has 1 aliphatic rings. The Labute approximate surface area is 144 Å². The molecule has 1 fully saturated rings. The van der Waals surface area contributed by atoms with Gasteiger partial charge in [-0.2, -0.15) is 0 Å². The van der Waals surface area contributed by atoms with Crippen LogP contribution >= 0.6 is 0 Å². The van der Waals surface area contributed by atoms with Crippen molar-refractivity contribution in [1.82, 2.24) is 9.80 Å². The van der Waals surface area contributed by atoms with Crippen molar-refractivity contribution in [2.24, 2.45) is 0 Å². The SMILES string of the molecule is Cc1ccc(CN2CCN(Cc3ccc(C)o3)C[C@H]2CCO)cc1. The normalized spacial score (nSPS) is 19.7. The number of aliphatic hydroxyl groups is 1. The Kier molecular flexibility index (Phi) is 5.72. The smallest absolute Gasteiger partial charge is 0.118 e. The van der Waals surface area contributed by atoms with Crippen molar-refractivity contribution in [1.29, 1.82) is 0 Å². The van der Waals surface area contributed by atoms with E-state index in [0.717, 1.165) is 50.7 Å². The van der Waals surface area contributed by atoms with Crippen molar-refractivity contribution in [3.8, 4) is 0 Å². The van der Waals surface area contributed by atoms with Gasteiger partial charge in [0.15, 0.2) is 0 Å². The molecule has 2 aromatic rings. The van der Waals surface area contributed by atoms with Gasteiger partial charge in [0, 0.05) is 38.8 Å².